The van der Waals surface area contributed by atoms with Crippen molar-refractivity contribution in [2.75, 3.05) is 0 Å². The van der Waals surface area contributed by atoms with Gasteiger partial charge in [-0.1, -0.05) is 0 Å². The third-order valence-corrected chi connectivity index (χ3v) is 2.21. The predicted molar refractivity (Wildman–Crippen MR) is 56.7 cm³/mol. The first-order valence-corrected chi connectivity index (χ1v) is 8.02. The summed E-state index contributed by atoms with van der Waals surface area (Å²) in [7, 11) is -1.68. The molecule has 0 aliphatic rings. The summed E-state index contributed by atoms with van der Waals surface area (Å²) in [5, 5.41) is 0. The number of unbranched alkanes of at least 4 members (excludes halogenated alkanes) is 2. The Bertz CT molecular complexity index is 198. The largest absolute Gasteiger partial charge is 0.520 e. The fourth-order valence-corrected chi connectivity index (χ4v) is 1.67. The number of rotatable bonds is 5. The molecule has 0 aromatic carbocycles. The SMILES string of the molecule is C#CCCCCC(=O)O[Si](C)(C)C. The van der Waals surface area contributed by atoms with E-state index in [0.717, 1.165) is 19.3 Å². The lowest BCUT2D eigenvalue weighted by molar-refractivity contribution is -0.135. The quantitative estimate of drug-likeness (QED) is 0.385. The third kappa shape index (κ3) is 9.16. The van der Waals surface area contributed by atoms with Crippen LogP contribution >= 0.6 is 0 Å². The minimum atomic E-state index is -1.68. The highest BCUT2D eigenvalue weighted by atomic mass is 28.4. The normalized spacial score (nSPS) is 10.6. The van der Waals surface area contributed by atoms with E-state index in [9.17, 15) is 4.79 Å². The summed E-state index contributed by atoms with van der Waals surface area (Å²) in [5.74, 6) is 2.47. The van der Waals surface area contributed by atoms with Crippen LogP contribution in [0.5, 0.6) is 0 Å². The van der Waals surface area contributed by atoms with E-state index in [1.165, 1.54) is 0 Å². The molecule has 0 fully saturated rings. The summed E-state index contributed by atoms with van der Waals surface area (Å²) in [6, 6.07) is 0. The summed E-state index contributed by atoms with van der Waals surface area (Å²) in [5.41, 5.74) is 0. The maximum Gasteiger partial charge on any atom is 0.292 e. The van der Waals surface area contributed by atoms with Gasteiger partial charge in [-0.05, 0) is 32.5 Å². The molecule has 0 aliphatic heterocycles. The fourth-order valence-electron chi connectivity index (χ4n) is 0.889. The Morgan fingerprint density at radius 1 is 1.38 bits per heavy atom. The molecule has 0 spiro atoms. The standard InChI is InChI=1S/C10H18O2Si/c1-5-6-7-8-9-10(11)12-13(2,3)4/h1H,6-9H2,2-4H3. The summed E-state index contributed by atoms with van der Waals surface area (Å²) in [6.07, 6.45) is 8.10. The van der Waals surface area contributed by atoms with Gasteiger partial charge < -0.3 is 4.43 Å². The lowest BCUT2D eigenvalue weighted by Gasteiger charge is -2.16. The molecular formula is C10H18O2Si. The topological polar surface area (TPSA) is 26.3 Å². The maximum atomic E-state index is 11.2. The van der Waals surface area contributed by atoms with E-state index >= 15 is 0 Å². The second kappa shape index (κ2) is 5.82. The first kappa shape index (κ1) is 12.2. The van der Waals surface area contributed by atoms with Gasteiger partial charge in [0.1, 0.15) is 0 Å². The van der Waals surface area contributed by atoms with Gasteiger partial charge in [0.2, 0.25) is 8.32 Å². The molecule has 2 nitrogen and oxygen atoms in total. The molecule has 0 heterocycles. The van der Waals surface area contributed by atoms with Gasteiger partial charge in [0.25, 0.3) is 5.97 Å². The Kier molecular flexibility index (Phi) is 5.48. The molecule has 74 valence electrons. The van der Waals surface area contributed by atoms with Crippen molar-refractivity contribution in [2.24, 2.45) is 0 Å². The minimum absolute atomic E-state index is 0.0730. The number of carbonyl (C=O) groups excluding carboxylic acids is 1. The van der Waals surface area contributed by atoms with Crippen LogP contribution in [0.25, 0.3) is 0 Å². The first-order chi connectivity index (χ1) is 5.95. The van der Waals surface area contributed by atoms with E-state index in [1.807, 2.05) is 19.6 Å². The molecule has 3 heteroatoms. The van der Waals surface area contributed by atoms with E-state index in [-0.39, 0.29) is 5.97 Å². The van der Waals surface area contributed by atoms with Crippen molar-refractivity contribution in [3.63, 3.8) is 0 Å². The Morgan fingerprint density at radius 2 is 2.00 bits per heavy atom. The lowest BCUT2D eigenvalue weighted by atomic mass is 10.2. The third-order valence-electron chi connectivity index (χ3n) is 1.37. The summed E-state index contributed by atoms with van der Waals surface area (Å²) >= 11 is 0. The zero-order valence-corrected chi connectivity index (χ0v) is 9.72. The van der Waals surface area contributed by atoms with E-state index in [4.69, 9.17) is 10.8 Å². The predicted octanol–water partition coefficient (Wildman–Crippen LogP) is 2.56. The zero-order valence-electron chi connectivity index (χ0n) is 8.72. The van der Waals surface area contributed by atoms with E-state index < -0.39 is 8.32 Å². The Labute approximate surface area is 81.8 Å². The molecule has 0 bridgehead atoms. The highest BCUT2D eigenvalue weighted by Crippen LogP contribution is 2.07. The van der Waals surface area contributed by atoms with E-state index in [1.54, 1.807) is 0 Å². The molecule has 0 aromatic heterocycles. The molecule has 0 aliphatic carbocycles. The number of hydrogen-bond donors (Lipinski definition) is 0. The van der Waals surface area contributed by atoms with Gasteiger partial charge in [-0.3, -0.25) is 4.79 Å². The summed E-state index contributed by atoms with van der Waals surface area (Å²) < 4.78 is 5.27. The average molecular weight is 198 g/mol. The van der Waals surface area contributed by atoms with Crippen molar-refractivity contribution in [1.29, 1.82) is 0 Å². The van der Waals surface area contributed by atoms with E-state index in [2.05, 4.69) is 5.92 Å². The minimum Gasteiger partial charge on any atom is -0.520 e. The lowest BCUT2D eigenvalue weighted by Crippen LogP contribution is -2.28. The van der Waals surface area contributed by atoms with Crippen LogP contribution in [0.15, 0.2) is 0 Å². The average Bonchev–Trinajstić information content (AvgIpc) is 1.94. The van der Waals surface area contributed by atoms with Crippen molar-refractivity contribution in [3.05, 3.63) is 0 Å². The zero-order chi connectivity index (χ0) is 10.3. The first-order valence-electron chi connectivity index (χ1n) is 4.61. The van der Waals surface area contributed by atoms with Gasteiger partial charge in [0.05, 0.1) is 0 Å². The Morgan fingerprint density at radius 3 is 2.46 bits per heavy atom. The second-order valence-corrected chi connectivity index (χ2v) is 8.43. The van der Waals surface area contributed by atoms with Gasteiger partial charge >= 0.3 is 0 Å². The van der Waals surface area contributed by atoms with Gasteiger partial charge in [-0.2, -0.15) is 0 Å². The molecule has 13 heavy (non-hydrogen) atoms. The van der Waals surface area contributed by atoms with Crippen LogP contribution in [-0.2, 0) is 9.22 Å². The van der Waals surface area contributed by atoms with Crippen molar-refractivity contribution < 1.29 is 9.22 Å². The molecule has 0 amide bonds. The molecule has 0 atom stereocenters. The van der Waals surface area contributed by atoms with Gasteiger partial charge in [-0.25, -0.2) is 0 Å². The van der Waals surface area contributed by atoms with Crippen LogP contribution < -0.4 is 0 Å². The van der Waals surface area contributed by atoms with Gasteiger partial charge in [0, 0.05) is 12.8 Å². The van der Waals surface area contributed by atoms with Crippen molar-refractivity contribution >= 4 is 14.3 Å². The smallest absolute Gasteiger partial charge is 0.292 e. The molecule has 0 saturated heterocycles. The Balaban J connectivity index is 3.48. The molecule has 0 unspecified atom stereocenters. The van der Waals surface area contributed by atoms with Crippen LogP contribution in [0, 0.1) is 12.3 Å². The van der Waals surface area contributed by atoms with Gasteiger partial charge in [-0.15, -0.1) is 12.3 Å². The van der Waals surface area contributed by atoms with Gasteiger partial charge in [0.15, 0.2) is 0 Å². The van der Waals surface area contributed by atoms with E-state index in [0.29, 0.717) is 6.42 Å². The molecule has 0 aromatic rings. The highest BCUT2D eigenvalue weighted by molar-refractivity contribution is 6.71. The molecule has 0 rings (SSSR count). The monoisotopic (exact) mass is 198 g/mol. The number of carbonyl (C=O) groups is 1. The van der Waals surface area contributed by atoms with Crippen LogP contribution in [-0.4, -0.2) is 14.3 Å². The van der Waals surface area contributed by atoms with Crippen LogP contribution in [0.4, 0.5) is 0 Å². The Hall–Kier alpha value is -0.753. The van der Waals surface area contributed by atoms with Crippen molar-refractivity contribution in [3.8, 4) is 12.3 Å². The van der Waals surface area contributed by atoms with Crippen molar-refractivity contribution in [2.45, 2.75) is 45.3 Å². The molecule has 0 radical (unpaired) electrons. The van der Waals surface area contributed by atoms with Crippen LogP contribution in [0.1, 0.15) is 25.7 Å². The second-order valence-electron chi connectivity index (χ2n) is 4.00. The fraction of sp³-hybridized carbons (Fsp3) is 0.700. The van der Waals surface area contributed by atoms with Crippen molar-refractivity contribution in [1.82, 2.24) is 0 Å². The van der Waals surface area contributed by atoms with Crippen LogP contribution in [0.2, 0.25) is 19.6 Å². The molecule has 0 N–H and O–H groups in total. The highest BCUT2D eigenvalue weighted by Gasteiger charge is 2.19. The van der Waals surface area contributed by atoms with Crippen LogP contribution in [0.3, 0.4) is 0 Å². The summed E-state index contributed by atoms with van der Waals surface area (Å²) in [4.78, 5) is 11.2. The molecular weight excluding hydrogens is 180 g/mol. The summed E-state index contributed by atoms with van der Waals surface area (Å²) in [6.45, 7) is 6.02. The maximum absolute atomic E-state index is 11.2. The number of hydrogen-bond acceptors (Lipinski definition) is 2. The number of terminal acetylenes is 1. The molecule has 0 saturated carbocycles.